The third-order valence-corrected chi connectivity index (χ3v) is 5.21. The second kappa shape index (κ2) is 4.96. The van der Waals surface area contributed by atoms with Crippen molar-refractivity contribution in [1.82, 2.24) is 5.32 Å². The van der Waals surface area contributed by atoms with Crippen molar-refractivity contribution in [2.24, 2.45) is 5.92 Å². The lowest BCUT2D eigenvalue weighted by atomic mass is 10.1. The lowest BCUT2D eigenvalue weighted by molar-refractivity contribution is 0.518. The van der Waals surface area contributed by atoms with E-state index in [1.54, 1.807) is 6.07 Å². The molecule has 1 aromatic rings. The Morgan fingerprint density at radius 3 is 2.71 bits per heavy atom. The Hall–Kier alpha value is -0.580. The minimum absolute atomic E-state index is 0.126. The molecule has 1 fully saturated rings. The van der Waals surface area contributed by atoms with Gasteiger partial charge < -0.3 is 5.32 Å². The molecule has 1 aliphatic rings. The van der Waals surface area contributed by atoms with E-state index >= 15 is 0 Å². The highest BCUT2D eigenvalue weighted by molar-refractivity contribution is 7.91. The molecule has 0 bridgehead atoms. The second-order valence-corrected chi connectivity index (χ2v) is 7.23. The van der Waals surface area contributed by atoms with E-state index in [1.165, 1.54) is 0 Å². The highest BCUT2D eigenvalue weighted by Crippen LogP contribution is 2.26. The number of sulfone groups is 1. The molecule has 2 atom stereocenters. The van der Waals surface area contributed by atoms with Crippen molar-refractivity contribution in [1.29, 1.82) is 0 Å². The van der Waals surface area contributed by atoms with Gasteiger partial charge in [0.05, 0.1) is 11.5 Å². The topological polar surface area (TPSA) is 46.2 Å². The number of halogens is 1. The Morgan fingerprint density at radius 1 is 1.29 bits per heavy atom. The largest absolute Gasteiger partial charge is 0.309 e. The van der Waals surface area contributed by atoms with Gasteiger partial charge in [0.15, 0.2) is 9.84 Å². The van der Waals surface area contributed by atoms with Crippen molar-refractivity contribution in [2.75, 3.05) is 18.1 Å². The van der Waals surface area contributed by atoms with Crippen LogP contribution in [0.4, 0.5) is 0 Å². The Morgan fingerprint density at radius 2 is 2.00 bits per heavy atom. The summed E-state index contributed by atoms with van der Waals surface area (Å²) in [5.74, 6) is 0.523. The van der Waals surface area contributed by atoms with Crippen molar-refractivity contribution >= 4 is 21.4 Å². The van der Waals surface area contributed by atoms with Crippen LogP contribution in [0.5, 0.6) is 0 Å². The van der Waals surface area contributed by atoms with Gasteiger partial charge in [-0.25, -0.2) is 8.42 Å². The Balaban J connectivity index is 2.30. The van der Waals surface area contributed by atoms with Crippen LogP contribution in [0.2, 0.25) is 5.02 Å². The van der Waals surface area contributed by atoms with Gasteiger partial charge in [-0.1, -0.05) is 36.7 Å². The quantitative estimate of drug-likeness (QED) is 0.852. The van der Waals surface area contributed by atoms with E-state index in [9.17, 15) is 8.42 Å². The normalized spacial score (nSPS) is 28.6. The third kappa shape index (κ3) is 3.21. The molecule has 0 amide bonds. The molecule has 0 aromatic heterocycles. The van der Waals surface area contributed by atoms with Gasteiger partial charge in [-0.3, -0.25) is 0 Å². The fraction of sp³-hybridized carbons (Fsp3) is 0.500. The smallest absolute Gasteiger partial charge is 0.152 e. The standard InChI is InChI=1S/C12H16ClNO2S/c1-9-6-14-12(8-17(15,16)7-9)10-4-2-3-5-11(10)13/h2-5,9,12,14H,6-8H2,1H3. The SMILES string of the molecule is CC1CNC(c2ccccc2Cl)CS(=O)(=O)C1. The first kappa shape index (κ1) is 12.9. The molecule has 1 heterocycles. The zero-order valence-electron chi connectivity index (χ0n) is 9.69. The van der Waals surface area contributed by atoms with Gasteiger partial charge in [-0.05, 0) is 24.1 Å². The highest BCUT2D eigenvalue weighted by atomic mass is 35.5. The number of rotatable bonds is 1. The van der Waals surface area contributed by atoms with Crippen molar-refractivity contribution in [3.8, 4) is 0 Å². The molecule has 1 aromatic carbocycles. The van der Waals surface area contributed by atoms with Crippen LogP contribution in [-0.4, -0.2) is 26.5 Å². The molecule has 2 rings (SSSR count). The van der Waals surface area contributed by atoms with Crippen LogP contribution in [0.1, 0.15) is 18.5 Å². The monoisotopic (exact) mass is 273 g/mol. The maximum atomic E-state index is 11.9. The molecule has 0 saturated carbocycles. The van der Waals surface area contributed by atoms with E-state index in [-0.39, 0.29) is 23.5 Å². The highest BCUT2D eigenvalue weighted by Gasteiger charge is 2.27. The van der Waals surface area contributed by atoms with E-state index in [0.717, 1.165) is 5.56 Å². The van der Waals surface area contributed by atoms with Crippen LogP contribution >= 0.6 is 11.6 Å². The first-order valence-electron chi connectivity index (χ1n) is 5.66. The van der Waals surface area contributed by atoms with E-state index < -0.39 is 9.84 Å². The van der Waals surface area contributed by atoms with Crippen LogP contribution in [0.3, 0.4) is 0 Å². The number of hydrogen-bond donors (Lipinski definition) is 1. The summed E-state index contributed by atoms with van der Waals surface area (Å²) in [5.41, 5.74) is 0.867. The van der Waals surface area contributed by atoms with Gasteiger partial charge in [0.1, 0.15) is 0 Å². The predicted octanol–water partition coefficient (Wildman–Crippen LogP) is 2.04. The lowest BCUT2D eigenvalue weighted by Gasteiger charge is -2.17. The van der Waals surface area contributed by atoms with Crippen LogP contribution in [0, 0.1) is 5.92 Å². The van der Waals surface area contributed by atoms with Gasteiger partial charge in [0, 0.05) is 11.1 Å². The fourth-order valence-corrected chi connectivity index (χ4v) is 4.37. The van der Waals surface area contributed by atoms with Crippen molar-refractivity contribution in [3.05, 3.63) is 34.9 Å². The van der Waals surface area contributed by atoms with Gasteiger partial charge >= 0.3 is 0 Å². The second-order valence-electron chi connectivity index (χ2n) is 4.66. The lowest BCUT2D eigenvalue weighted by Crippen LogP contribution is -2.26. The van der Waals surface area contributed by atoms with Crippen LogP contribution < -0.4 is 5.32 Å². The number of hydrogen-bond acceptors (Lipinski definition) is 3. The zero-order valence-corrected chi connectivity index (χ0v) is 11.3. The zero-order chi connectivity index (χ0) is 12.5. The summed E-state index contributed by atoms with van der Waals surface area (Å²) in [6.45, 7) is 2.65. The Labute approximate surface area is 107 Å². The van der Waals surface area contributed by atoms with Crippen LogP contribution in [-0.2, 0) is 9.84 Å². The van der Waals surface area contributed by atoms with E-state index in [1.807, 2.05) is 25.1 Å². The first-order valence-corrected chi connectivity index (χ1v) is 7.86. The van der Waals surface area contributed by atoms with E-state index in [0.29, 0.717) is 11.6 Å². The minimum Gasteiger partial charge on any atom is -0.309 e. The molecular weight excluding hydrogens is 258 g/mol. The van der Waals surface area contributed by atoms with Crippen molar-refractivity contribution in [3.63, 3.8) is 0 Å². The average molecular weight is 274 g/mol. The molecule has 94 valence electrons. The summed E-state index contributed by atoms with van der Waals surface area (Å²) < 4.78 is 23.8. The third-order valence-electron chi connectivity index (χ3n) is 2.95. The van der Waals surface area contributed by atoms with Crippen LogP contribution in [0.25, 0.3) is 0 Å². The summed E-state index contributed by atoms with van der Waals surface area (Å²) >= 11 is 6.11. The first-order chi connectivity index (χ1) is 7.98. The number of benzene rings is 1. The molecule has 3 nitrogen and oxygen atoms in total. The van der Waals surface area contributed by atoms with Gasteiger partial charge in [0.25, 0.3) is 0 Å². The molecule has 2 unspecified atom stereocenters. The minimum atomic E-state index is -3.00. The summed E-state index contributed by atoms with van der Waals surface area (Å²) in [7, 11) is -3.00. The van der Waals surface area contributed by atoms with E-state index in [4.69, 9.17) is 11.6 Å². The summed E-state index contributed by atoms with van der Waals surface area (Å²) in [6, 6.07) is 7.20. The van der Waals surface area contributed by atoms with Gasteiger partial charge in [-0.2, -0.15) is 0 Å². The Bertz CT molecular complexity index is 501. The molecule has 0 radical (unpaired) electrons. The molecule has 1 aliphatic heterocycles. The maximum Gasteiger partial charge on any atom is 0.152 e. The molecule has 0 spiro atoms. The Kier molecular flexibility index (Phi) is 3.76. The molecule has 5 heteroatoms. The predicted molar refractivity (Wildman–Crippen MR) is 70.0 cm³/mol. The molecule has 17 heavy (non-hydrogen) atoms. The summed E-state index contributed by atoms with van der Waals surface area (Å²) in [4.78, 5) is 0. The average Bonchev–Trinajstić information content (AvgIpc) is 2.37. The number of nitrogens with one attached hydrogen (secondary N) is 1. The molecule has 1 saturated heterocycles. The molecule has 0 aliphatic carbocycles. The van der Waals surface area contributed by atoms with Gasteiger partial charge in [0.2, 0.25) is 0 Å². The van der Waals surface area contributed by atoms with Crippen LogP contribution in [0.15, 0.2) is 24.3 Å². The molecule has 1 N–H and O–H groups in total. The summed E-state index contributed by atoms with van der Waals surface area (Å²) in [5, 5.41) is 3.90. The maximum absolute atomic E-state index is 11.9. The fourth-order valence-electron chi connectivity index (χ4n) is 2.17. The molecular formula is C12H16ClNO2S. The van der Waals surface area contributed by atoms with Gasteiger partial charge in [-0.15, -0.1) is 0 Å². The van der Waals surface area contributed by atoms with Crippen molar-refractivity contribution < 1.29 is 8.42 Å². The van der Waals surface area contributed by atoms with Crippen molar-refractivity contribution in [2.45, 2.75) is 13.0 Å². The van der Waals surface area contributed by atoms with E-state index in [2.05, 4.69) is 5.32 Å². The summed E-state index contributed by atoms with van der Waals surface area (Å²) in [6.07, 6.45) is 0.